The topological polar surface area (TPSA) is 87.7 Å². The van der Waals surface area contributed by atoms with Crippen molar-refractivity contribution in [2.45, 2.75) is 25.8 Å². The van der Waals surface area contributed by atoms with Crippen molar-refractivity contribution in [3.05, 3.63) is 35.9 Å². The number of hydrogen-bond acceptors (Lipinski definition) is 3. The lowest BCUT2D eigenvalue weighted by molar-refractivity contribution is -0.121. The third kappa shape index (κ3) is 5.01. The molecule has 0 aliphatic carbocycles. The van der Waals surface area contributed by atoms with Crippen molar-refractivity contribution in [1.29, 1.82) is 0 Å². The maximum absolute atomic E-state index is 11.6. The van der Waals surface area contributed by atoms with Gasteiger partial charge in [0.1, 0.15) is 5.84 Å². The maximum atomic E-state index is 11.6. The summed E-state index contributed by atoms with van der Waals surface area (Å²) in [5.41, 5.74) is 6.31. The van der Waals surface area contributed by atoms with E-state index < -0.39 is 0 Å². The molecule has 92 valence electrons. The summed E-state index contributed by atoms with van der Waals surface area (Å²) in [6.45, 7) is 1.81. The molecule has 0 heterocycles. The zero-order chi connectivity index (χ0) is 12.7. The molecule has 0 bridgehead atoms. The van der Waals surface area contributed by atoms with Gasteiger partial charge in [0.2, 0.25) is 5.91 Å². The Bertz CT molecular complexity index is 390. The highest BCUT2D eigenvalue weighted by atomic mass is 16.4. The highest BCUT2D eigenvalue weighted by molar-refractivity contribution is 5.82. The van der Waals surface area contributed by atoms with E-state index in [4.69, 9.17) is 10.9 Å². The SMILES string of the molecule is CC(CC(N)=NO)NC(=O)Cc1ccccc1. The van der Waals surface area contributed by atoms with Crippen molar-refractivity contribution < 1.29 is 10.0 Å². The van der Waals surface area contributed by atoms with Gasteiger partial charge in [0.05, 0.1) is 6.42 Å². The molecule has 1 aromatic carbocycles. The van der Waals surface area contributed by atoms with Gasteiger partial charge in [-0.25, -0.2) is 0 Å². The Morgan fingerprint density at radius 2 is 2.12 bits per heavy atom. The fourth-order valence-electron chi connectivity index (χ4n) is 1.51. The normalized spacial score (nSPS) is 13.1. The van der Waals surface area contributed by atoms with Crippen molar-refractivity contribution in [3.63, 3.8) is 0 Å². The van der Waals surface area contributed by atoms with E-state index in [0.29, 0.717) is 12.8 Å². The molecule has 1 rings (SSSR count). The Balaban J connectivity index is 2.40. The third-order valence-electron chi connectivity index (χ3n) is 2.26. The van der Waals surface area contributed by atoms with E-state index >= 15 is 0 Å². The Hall–Kier alpha value is -2.04. The summed E-state index contributed by atoms with van der Waals surface area (Å²) >= 11 is 0. The van der Waals surface area contributed by atoms with Crippen LogP contribution in [0.4, 0.5) is 0 Å². The van der Waals surface area contributed by atoms with Crippen LogP contribution in [0, 0.1) is 0 Å². The van der Waals surface area contributed by atoms with Crippen LogP contribution in [-0.4, -0.2) is 23.0 Å². The lowest BCUT2D eigenvalue weighted by Crippen LogP contribution is -2.36. The molecule has 1 amide bonds. The fraction of sp³-hybridized carbons (Fsp3) is 0.333. The Kier molecular flexibility index (Phi) is 5.00. The number of oxime groups is 1. The van der Waals surface area contributed by atoms with Gasteiger partial charge in [-0.3, -0.25) is 4.79 Å². The summed E-state index contributed by atoms with van der Waals surface area (Å²) in [6.07, 6.45) is 0.665. The second-order valence-corrected chi connectivity index (χ2v) is 3.93. The quantitative estimate of drug-likeness (QED) is 0.306. The first kappa shape index (κ1) is 13.0. The van der Waals surface area contributed by atoms with Crippen molar-refractivity contribution >= 4 is 11.7 Å². The monoisotopic (exact) mass is 235 g/mol. The van der Waals surface area contributed by atoms with Crippen LogP contribution in [0.2, 0.25) is 0 Å². The van der Waals surface area contributed by atoms with Crippen LogP contribution in [0.15, 0.2) is 35.5 Å². The number of amides is 1. The molecule has 5 nitrogen and oxygen atoms in total. The first-order valence-electron chi connectivity index (χ1n) is 5.41. The van der Waals surface area contributed by atoms with E-state index in [1.165, 1.54) is 0 Å². The van der Waals surface area contributed by atoms with Gasteiger partial charge >= 0.3 is 0 Å². The van der Waals surface area contributed by atoms with Gasteiger partial charge in [-0.15, -0.1) is 0 Å². The molecule has 1 aromatic rings. The molecule has 0 aliphatic rings. The van der Waals surface area contributed by atoms with Gasteiger partial charge in [-0.2, -0.15) is 0 Å². The van der Waals surface area contributed by atoms with Crippen LogP contribution in [0.25, 0.3) is 0 Å². The average Bonchev–Trinajstić information content (AvgIpc) is 2.29. The Labute approximate surface area is 100 Å². The second kappa shape index (κ2) is 6.52. The summed E-state index contributed by atoms with van der Waals surface area (Å²) in [5.74, 6) is 0.0342. The Morgan fingerprint density at radius 3 is 2.71 bits per heavy atom. The zero-order valence-electron chi connectivity index (χ0n) is 9.76. The molecule has 0 spiro atoms. The molecule has 0 aliphatic heterocycles. The standard InChI is InChI=1S/C12H17N3O2/c1-9(7-11(13)15-17)14-12(16)8-10-5-3-2-4-6-10/h2-6,9,17H,7-8H2,1H3,(H2,13,15)(H,14,16). The molecule has 0 fully saturated rings. The number of hydrogen-bond donors (Lipinski definition) is 3. The molecular formula is C12H17N3O2. The number of amidine groups is 1. The maximum Gasteiger partial charge on any atom is 0.224 e. The molecule has 0 saturated heterocycles. The third-order valence-corrected chi connectivity index (χ3v) is 2.26. The summed E-state index contributed by atoms with van der Waals surface area (Å²) in [6, 6.07) is 9.33. The first-order chi connectivity index (χ1) is 8.11. The molecule has 0 saturated carbocycles. The summed E-state index contributed by atoms with van der Waals surface area (Å²) in [4.78, 5) is 11.6. The lowest BCUT2D eigenvalue weighted by atomic mass is 10.1. The molecule has 1 unspecified atom stereocenters. The van der Waals surface area contributed by atoms with E-state index in [-0.39, 0.29) is 17.8 Å². The number of nitrogens with two attached hydrogens (primary N) is 1. The van der Waals surface area contributed by atoms with Gasteiger partial charge in [0.15, 0.2) is 0 Å². The number of carbonyl (C=O) groups is 1. The molecule has 4 N–H and O–H groups in total. The highest BCUT2D eigenvalue weighted by Gasteiger charge is 2.09. The summed E-state index contributed by atoms with van der Waals surface area (Å²) in [7, 11) is 0. The van der Waals surface area contributed by atoms with Crippen molar-refractivity contribution in [2.75, 3.05) is 0 Å². The number of carbonyl (C=O) groups excluding carboxylic acids is 1. The molecule has 0 aromatic heterocycles. The number of benzene rings is 1. The van der Waals surface area contributed by atoms with Crippen LogP contribution in [0.5, 0.6) is 0 Å². The highest BCUT2D eigenvalue weighted by Crippen LogP contribution is 2.00. The van der Waals surface area contributed by atoms with Crippen molar-refractivity contribution in [3.8, 4) is 0 Å². The van der Waals surface area contributed by atoms with E-state index in [9.17, 15) is 4.79 Å². The minimum atomic E-state index is -0.151. The Morgan fingerprint density at radius 1 is 1.47 bits per heavy atom. The van der Waals surface area contributed by atoms with E-state index in [0.717, 1.165) is 5.56 Å². The molecule has 5 heteroatoms. The zero-order valence-corrected chi connectivity index (χ0v) is 9.76. The fourth-order valence-corrected chi connectivity index (χ4v) is 1.51. The van der Waals surface area contributed by atoms with Crippen LogP contribution in [-0.2, 0) is 11.2 Å². The van der Waals surface area contributed by atoms with Crippen LogP contribution >= 0.6 is 0 Å². The minimum absolute atomic E-state index is 0.0746. The van der Waals surface area contributed by atoms with E-state index in [2.05, 4.69) is 10.5 Å². The van der Waals surface area contributed by atoms with Gasteiger partial charge in [0, 0.05) is 12.5 Å². The summed E-state index contributed by atoms with van der Waals surface area (Å²) < 4.78 is 0. The van der Waals surface area contributed by atoms with Crippen LogP contribution in [0.3, 0.4) is 0 Å². The molecule has 0 radical (unpaired) electrons. The molecule has 17 heavy (non-hydrogen) atoms. The van der Waals surface area contributed by atoms with Crippen LogP contribution < -0.4 is 11.1 Å². The van der Waals surface area contributed by atoms with Gasteiger partial charge in [-0.05, 0) is 12.5 Å². The summed E-state index contributed by atoms with van der Waals surface area (Å²) in [5, 5.41) is 14.0. The van der Waals surface area contributed by atoms with Gasteiger partial charge in [0.25, 0.3) is 0 Å². The number of rotatable bonds is 5. The predicted molar refractivity (Wildman–Crippen MR) is 65.8 cm³/mol. The number of nitrogens with one attached hydrogen (secondary N) is 1. The van der Waals surface area contributed by atoms with Crippen LogP contribution in [0.1, 0.15) is 18.9 Å². The van der Waals surface area contributed by atoms with Gasteiger partial charge in [-0.1, -0.05) is 35.5 Å². The minimum Gasteiger partial charge on any atom is -0.409 e. The predicted octanol–water partition coefficient (Wildman–Crippen LogP) is 0.870. The lowest BCUT2D eigenvalue weighted by Gasteiger charge is -2.12. The molecule has 1 atom stereocenters. The smallest absolute Gasteiger partial charge is 0.224 e. The van der Waals surface area contributed by atoms with E-state index in [1.54, 1.807) is 6.92 Å². The van der Waals surface area contributed by atoms with Crippen molar-refractivity contribution in [2.24, 2.45) is 10.9 Å². The molecular weight excluding hydrogens is 218 g/mol. The number of nitrogens with zero attached hydrogens (tertiary/aromatic N) is 1. The van der Waals surface area contributed by atoms with Crippen molar-refractivity contribution in [1.82, 2.24) is 5.32 Å². The van der Waals surface area contributed by atoms with Gasteiger partial charge < -0.3 is 16.3 Å². The van der Waals surface area contributed by atoms with E-state index in [1.807, 2.05) is 30.3 Å². The first-order valence-corrected chi connectivity index (χ1v) is 5.41. The second-order valence-electron chi connectivity index (χ2n) is 3.93. The largest absolute Gasteiger partial charge is 0.409 e. The average molecular weight is 235 g/mol.